The molecule has 2 heterocycles. The third kappa shape index (κ3) is 6.20. The van der Waals surface area contributed by atoms with E-state index in [9.17, 15) is 4.79 Å². The van der Waals surface area contributed by atoms with Crippen molar-refractivity contribution in [2.24, 2.45) is 10.9 Å². The Bertz CT molecular complexity index is 1210. The highest BCUT2D eigenvalue weighted by atomic mass is 16.6. The number of amides is 1. The van der Waals surface area contributed by atoms with Gasteiger partial charge in [-0.1, -0.05) is 35.5 Å². The van der Waals surface area contributed by atoms with Gasteiger partial charge in [-0.25, -0.2) is 4.98 Å². The van der Waals surface area contributed by atoms with Crippen LogP contribution in [0, 0.1) is 0 Å². The van der Waals surface area contributed by atoms with Crippen molar-refractivity contribution in [1.82, 2.24) is 10.3 Å². The van der Waals surface area contributed by atoms with Gasteiger partial charge in [-0.05, 0) is 48.0 Å². The molecule has 0 spiro atoms. The van der Waals surface area contributed by atoms with Crippen LogP contribution >= 0.6 is 0 Å². The molecule has 3 N–H and O–H groups in total. The van der Waals surface area contributed by atoms with E-state index < -0.39 is 0 Å². The van der Waals surface area contributed by atoms with E-state index >= 15 is 0 Å². The standard InChI is InChI=1S/C25H22N4O4/c26-24(20-11-12-23(27-15-20)33-21-8-2-1-3-9-21)29-32-17-18-6-4-7-19(14-18)25(30)28-16-22-10-5-13-31-22/h1-15H,16-17H2,(H2,26,29)(H,28,30). The summed E-state index contributed by atoms with van der Waals surface area (Å²) in [7, 11) is 0. The van der Waals surface area contributed by atoms with Crippen LogP contribution in [-0.2, 0) is 18.0 Å². The second-order valence-corrected chi connectivity index (χ2v) is 7.01. The van der Waals surface area contributed by atoms with Gasteiger partial charge in [0.05, 0.1) is 12.8 Å². The van der Waals surface area contributed by atoms with E-state index in [1.165, 1.54) is 0 Å². The number of rotatable bonds is 9. The number of oxime groups is 1. The maximum Gasteiger partial charge on any atom is 0.251 e. The highest BCUT2D eigenvalue weighted by Gasteiger charge is 2.08. The summed E-state index contributed by atoms with van der Waals surface area (Å²) in [6.45, 7) is 0.471. The van der Waals surface area contributed by atoms with E-state index in [-0.39, 0.29) is 18.3 Å². The van der Waals surface area contributed by atoms with Gasteiger partial charge in [-0.2, -0.15) is 0 Å². The Morgan fingerprint density at radius 1 is 1.00 bits per heavy atom. The molecule has 33 heavy (non-hydrogen) atoms. The first-order valence-electron chi connectivity index (χ1n) is 10.2. The monoisotopic (exact) mass is 442 g/mol. The van der Waals surface area contributed by atoms with Crippen molar-refractivity contribution in [3.05, 3.63) is 114 Å². The van der Waals surface area contributed by atoms with Gasteiger partial charge in [-0.3, -0.25) is 4.79 Å². The lowest BCUT2D eigenvalue weighted by molar-refractivity contribution is 0.0947. The fourth-order valence-corrected chi connectivity index (χ4v) is 2.92. The molecule has 0 aliphatic carbocycles. The molecule has 0 saturated carbocycles. The molecular weight excluding hydrogens is 420 g/mol. The predicted molar refractivity (Wildman–Crippen MR) is 123 cm³/mol. The Hall–Kier alpha value is -4.59. The van der Waals surface area contributed by atoms with Gasteiger partial charge in [0, 0.05) is 23.4 Å². The number of nitrogens with one attached hydrogen (secondary N) is 1. The zero-order chi connectivity index (χ0) is 22.9. The zero-order valence-corrected chi connectivity index (χ0v) is 17.7. The summed E-state index contributed by atoms with van der Waals surface area (Å²) >= 11 is 0. The zero-order valence-electron chi connectivity index (χ0n) is 17.7. The van der Waals surface area contributed by atoms with Crippen molar-refractivity contribution in [2.45, 2.75) is 13.2 Å². The summed E-state index contributed by atoms with van der Waals surface area (Å²) in [4.78, 5) is 22.0. The first-order chi connectivity index (χ1) is 16.2. The van der Waals surface area contributed by atoms with Crippen LogP contribution in [0.5, 0.6) is 11.6 Å². The lowest BCUT2D eigenvalue weighted by atomic mass is 10.1. The van der Waals surface area contributed by atoms with Crippen LogP contribution in [0.2, 0.25) is 0 Å². The van der Waals surface area contributed by atoms with Crippen LogP contribution in [0.15, 0.2) is 101 Å². The maximum atomic E-state index is 12.3. The molecule has 8 heteroatoms. The minimum atomic E-state index is -0.208. The molecule has 2 aromatic carbocycles. The molecule has 4 aromatic rings. The number of ether oxygens (including phenoxy) is 1. The minimum absolute atomic E-state index is 0.155. The Labute approximate surface area is 190 Å². The molecule has 0 fully saturated rings. The Morgan fingerprint density at radius 2 is 1.88 bits per heavy atom. The average molecular weight is 442 g/mol. The second kappa shape index (κ2) is 10.6. The number of benzene rings is 2. The molecule has 4 rings (SSSR count). The number of carbonyl (C=O) groups excluding carboxylic acids is 1. The number of furan rings is 1. The van der Waals surface area contributed by atoms with Gasteiger partial charge in [-0.15, -0.1) is 0 Å². The number of aromatic nitrogens is 1. The largest absolute Gasteiger partial charge is 0.467 e. The number of nitrogens with zero attached hydrogens (tertiary/aromatic N) is 2. The lowest BCUT2D eigenvalue weighted by Crippen LogP contribution is -2.22. The number of nitrogens with two attached hydrogens (primary N) is 1. The first kappa shape index (κ1) is 21.6. The molecule has 166 valence electrons. The summed E-state index contributed by atoms with van der Waals surface area (Å²) in [5.41, 5.74) is 7.89. The molecule has 0 unspecified atom stereocenters. The van der Waals surface area contributed by atoms with Crippen LogP contribution in [0.4, 0.5) is 0 Å². The normalized spacial score (nSPS) is 11.1. The lowest BCUT2D eigenvalue weighted by Gasteiger charge is -2.07. The van der Waals surface area contributed by atoms with Crippen LogP contribution in [0.25, 0.3) is 0 Å². The number of hydrogen-bond donors (Lipinski definition) is 2. The van der Waals surface area contributed by atoms with Crippen molar-refractivity contribution in [2.75, 3.05) is 0 Å². The van der Waals surface area contributed by atoms with Gasteiger partial charge < -0.3 is 25.0 Å². The summed E-state index contributed by atoms with van der Waals surface area (Å²) < 4.78 is 10.9. The number of para-hydroxylation sites is 1. The molecular formula is C25H22N4O4. The number of pyridine rings is 1. The number of carbonyl (C=O) groups is 1. The Kier molecular flexibility index (Phi) is 6.97. The van der Waals surface area contributed by atoms with E-state index in [0.29, 0.717) is 35.1 Å². The van der Waals surface area contributed by atoms with E-state index in [1.807, 2.05) is 36.4 Å². The smallest absolute Gasteiger partial charge is 0.251 e. The van der Waals surface area contributed by atoms with E-state index in [0.717, 1.165) is 5.56 Å². The maximum absolute atomic E-state index is 12.3. The van der Waals surface area contributed by atoms with Crippen molar-refractivity contribution in [1.29, 1.82) is 0 Å². The van der Waals surface area contributed by atoms with Crippen molar-refractivity contribution in [3.63, 3.8) is 0 Å². The molecule has 0 bridgehead atoms. The average Bonchev–Trinajstić information content (AvgIpc) is 3.37. The van der Waals surface area contributed by atoms with Crippen LogP contribution < -0.4 is 15.8 Å². The van der Waals surface area contributed by atoms with E-state index in [1.54, 1.807) is 54.9 Å². The summed E-state index contributed by atoms with van der Waals surface area (Å²) in [5.74, 6) is 1.79. The van der Waals surface area contributed by atoms with Crippen LogP contribution in [0.1, 0.15) is 27.2 Å². The fourth-order valence-electron chi connectivity index (χ4n) is 2.92. The third-order valence-electron chi connectivity index (χ3n) is 4.58. The van der Waals surface area contributed by atoms with Crippen molar-refractivity contribution in [3.8, 4) is 11.6 Å². The Balaban J connectivity index is 1.30. The molecule has 2 aromatic heterocycles. The molecule has 0 aliphatic heterocycles. The van der Waals surface area contributed by atoms with E-state index in [2.05, 4.69) is 15.5 Å². The molecule has 0 aliphatic rings. The minimum Gasteiger partial charge on any atom is -0.467 e. The van der Waals surface area contributed by atoms with Crippen molar-refractivity contribution < 1.29 is 18.8 Å². The third-order valence-corrected chi connectivity index (χ3v) is 4.58. The molecule has 1 amide bonds. The van der Waals surface area contributed by atoms with Gasteiger partial charge >= 0.3 is 0 Å². The highest BCUT2D eigenvalue weighted by molar-refractivity contribution is 5.96. The summed E-state index contributed by atoms with van der Waals surface area (Å²) in [6, 6.07) is 23.5. The molecule has 0 atom stereocenters. The topological polar surface area (TPSA) is 112 Å². The van der Waals surface area contributed by atoms with Gasteiger partial charge in [0.25, 0.3) is 5.91 Å². The van der Waals surface area contributed by atoms with Gasteiger partial charge in [0.15, 0.2) is 5.84 Å². The molecule has 0 saturated heterocycles. The SMILES string of the molecule is N/C(=N\OCc1cccc(C(=O)NCc2ccco2)c1)c1ccc(Oc2ccccc2)nc1. The van der Waals surface area contributed by atoms with Crippen molar-refractivity contribution >= 4 is 11.7 Å². The summed E-state index contributed by atoms with van der Waals surface area (Å²) in [6.07, 6.45) is 3.12. The second-order valence-electron chi connectivity index (χ2n) is 7.01. The number of amidine groups is 1. The number of hydrogen-bond acceptors (Lipinski definition) is 6. The Morgan fingerprint density at radius 3 is 2.64 bits per heavy atom. The summed E-state index contributed by atoms with van der Waals surface area (Å²) in [5, 5.41) is 6.75. The molecule has 8 nitrogen and oxygen atoms in total. The molecule has 0 radical (unpaired) electrons. The first-order valence-corrected chi connectivity index (χ1v) is 10.2. The predicted octanol–water partition coefficient (Wildman–Crippen LogP) is 4.23. The van der Waals surface area contributed by atoms with Crippen LogP contribution in [0.3, 0.4) is 0 Å². The van der Waals surface area contributed by atoms with E-state index in [4.69, 9.17) is 19.7 Å². The fraction of sp³-hybridized carbons (Fsp3) is 0.0800. The van der Waals surface area contributed by atoms with Crippen LogP contribution in [-0.4, -0.2) is 16.7 Å². The van der Waals surface area contributed by atoms with Gasteiger partial charge in [0.2, 0.25) is 5.88 Å². The van der Waals surface area contributed by atoms with Gasteiger partial charge in [0.1, 0.15) is 18.1 Å². The quantitative estimate of drug-likeness (QED) is 0.228. The highest BCUT2D eigenvalue weighted by Crippen LogP contribution is 2.18.